The molecule has 134 valence electrons. The van der Waals surface area contributed by atoms with Gasteiger partial charge in [-0.25, -0.2) is 4.79 Å². The highest BCUT2D eigenvalue weighted by molar-refractivity contribution is 9.10. The second-order valence-electron chi connectivity index (χ2n) is 8.24. The van der Waals surface area contributed by atoms with Crippen molar-refractivity contribution in [3.8, 4) is 0 Å². The average molecular weight is 406 g/mol. The number of ether oxygens (including phenoxy) is 1. The topological polar surface area (TPSA) is 55.4 Å². The number of hydrogen-bond acceptors (Lipinski definition) is 3. The molecule has 1 aromatic rings. The van der Waals surface area contributed by atoms with Crippen molar-refractivity contribution in [2.75, 3.05) is 0 Å². The van der Waals surface area contributed by atoms with Gasteiger partial charge in [-0.3, -0.25) is 4.79 Å². The van der Waals surface area contributed by atoms with Gasteiger partial charge in [0.1, 0.15) is 0 Å². The van der Waals surface area contributed by atoms with Crippen molar-refractivity contribution in [2.45, 2.75) is 57.1 Å². The molecule has 0 aromatic heterocycles. The van der Waals surface area contributed by atoms with Crippen molar-refractivity contribution < 1.29 is 14.3 Å². The molecule has 0 aliphatic heterocycles. The smallest absolute Gasteiger partial charge is 0.338 e. The van der Waals surface area contributed by atoms with E-state index in [9.17, 15) is 9.59 Å². The van der Waals surface area contributed by atoms with Gasteiger partial charge in [0.2, 0.25) is 0 Å². The number of hydrogen-bond donors (Lipinski definition) is 1. The van der Waals surface area contributed by atoms with E-state index in [2.05, 4.69) is 21.2 Å². The number of nitrogens with one attached hydrogen (secondary N) is 1. The van der Waals surface area contributed by atoms with Crippen molar-refractivity contribution in [2.24, 2.45) is 17.8 Å². The van der Waals surface area contributed by atoms with Crippen molar-refractivity contribution in [1.29, 1.82) is 0 Å². The van der Waals surface area contributed by atoms with Crippen LogP contribution in [-0.2, 0) is 9.53 Å². The number of carbonyl (C=O) groups excluding carboxylic acids is 2. The van der Waals surface area contributed by atoms with E-state index in [1.165, 1.54) is 19.3 Å². The van der Waals surface area contributed by atoms with Crippen LogP contribution in [0.15, 0.2) is 28.7 Å². The van der Waals surface area contributed by atoms with Crippen LogP contribution in [0.25, 0.3) is 0 Å². The summed E-state index contributed by atoms with van der Waals surface area (Å²) < 4.78 is 6.29. The van der Waals surface area contributed by atoms with E-state index < -0.39 is 12.1 Å². The highest BCUT2D eigenvalue weighted by Crippen LogP contribution is 2.55. The van der Waals surface area contributed by atoms with E-state index >= 15 is 0 Å². The Hall–Kier alpha value is -1.36. The molecule has 4 aliphatic carbocycles. The summed E-state index contributed by atoms with van der Waals surface area (Å²) in [5.74, 6) is 1.69. The lowest BCUT2D eigenvalue weighted by Gasteiger charge is -2.57. The third kappa shape index (κ3) is 3.48. The quantitative estimate of drug-likeness (QED) is 0.767. The van der Waals surface area contributed by atoms with Crippen LogP contribution in [0.2, 0.25) is 0 Å². The fraction of sp³-hybridized carbons (Fsp3) is 0.600. The minimum Gasteiger partial charge on any atom is -0.449 e. The fourth-order valence-corrected chi connectivity index (χ4v) is 5.76. The van der Waals surface area contributed by atoms with Gasteiger partial charge in [0.05, 0.1) is 5.56 Å². The maximum atomic E-state index is 12.7. The Morgan fingerprint density at radius 3 is 2.12 bits per heavy atom. The van der Waals surface area contributed by atoms with E-state index in [1.54, 1.807) is 31.2 Å². The highest BCUT2D eigenvalue weighted by Gasteiger charge is 2.51. The Morgan fingerprint density at radius 1 is 1.08 bits per heavy atom. The first-order valence-electron chi connectivity index (χ1n) is 9.21. The SMILES string of the molecule is C[C@H](OC(=O)c1ccc(Br)cc1)C(=O)NC12CC3CC(CC(C3)C1)C2. The number of amides is 1. The Morgan fingerprint density at radius 2 is 1.60 bits per heavy atom. The van der Waals surface area contributed by atoms with Gasteiger partial charge < -0.3 is 10.1 Å². The van der Waals surface area contributed by atoms with Gasteiger partial charge in [0.25, 0.3) is 5.91 Å². The second-order valence-corrected chi connectivity index (χ2v) is 9.16. The lowest BCUT2D eigenvalue weighted by molar-refractivity contribution is -0.134. The summed E-state index contributed by atoms with van der Waals surface area (Å²) >= 11 is 3.34. The number of halogens is 1. The molecule has 4 nitrogen and oxygen atoms in total. The molecule has 5 heteroatoms. The monoisotopic (exact) mass is 405 g/mol. The predicted octanol–water partition coefficient (Wildman–Crippen LogP) is 4.08. The molecule has 0 radical (unpaired) electrons. The molecule has 1 aromatic carbocycles. The summed E-state index contributed by atoms with van der Waals surface area (Å²) in [6, 6.07) is 6.96. The van der Waals surface area contributed by atoms with Gasteiger partial charge in [0, 0.05) is 10.0 Å². The maximum Gasteiger partial charge on any atom is 0.338 e. The molecule has 5 rings (SSSR count). The van der Waals surface area contributed by atoms with Gasteiger partial charge in [-0.05, 0) is 87.5 Å². The number of rotatable bonds is 4. The summed E-state index contributed by atoms with van der Waals surface area (Å²) in [6.45, 7) is 1.66. The molecule has 4 bridgehead atoms. The van der Waals surface area contributed by atoms with Crippen molar-refractivity contribution >= 4 is 27.8 Å². The van der Waals surface area contributed by atoms with E-state index in [0.717, 1.165) is 41.5 Å². The number of esters is 1. The van der Waals surface area contributed by atoms with Crippen LogP contribution in [0.4, 0.5) is 0 Å². The summed E-state index contributed by atoms with van der Waals surface area (Å²) in [5, 5.41) is 3.27. The Labute approximate surface area is 156 Å². The first-order valence-corrected chi connectivity index (χ1v) is 10.0. The average Bonchev–Trinajstić information content (AvgIpc) is 2.53. The van der Waals surface area contributed by atoms with Crippen LogP contribution in [0.5, 0.6) is 0 Å². The van der Waals surface area contributed by atoms with Crippen LogP contribution >= 0.6 is 15.9 Å². The zero-order valence-electron chi connectivity index (χ0n) is 14.5. The van der Waals surface area contributed by atoms with Crippen LogP contribution in [0.3, 0.4) is 0 Å². The summed E-state index contributed by atoms with van der Waals surface area (Å²) in [7, 11) is 0. The van der Waals surface area contributed by atoms with Crippen LogP contribution < -0.4 is 5.32 Å². The Bertz CT molecular complexity index is 649. The van der Waals surface area contributed by atoms with Gasteiger partial charge in [0.15, 0.2) is 6.10 Å². The molecular formula is C20H24BrNO3. The molecular weight excluding hydrogens is 382 g/mol. The molecule has 0 saturated heterocycles. The first kappa shape index (κ1) is 17.1. The second kappa shape index (κ2) is 6.42. The minimum atomic E-state index is -0.774. The lowest BCUT2D eigenvalue weighted by Crippen LogP contribution is -2.61. The van der Waals surface area contributed by atoms with Gasteiger partial charge in [-0.1, -0.05) is 15.9 Å². The van der Waals surface area contributed by atoms with E-state index in [1.807, 2.05) is 0 Å². The zero-order chi connectivity index (χ0) is 17.6. The van der Waals surface area contributed by atoms with Crippen LogP contribution in [0.1, 0.15) is 55.8 Å². The fourth-order valence-electron chi connectivity index (χ4n) is 5.49. The molecule has 0 unspecified atom stereocenters. The molecule has 4 aliphatic rings. The molecule has 1 atom stereocenters. The third-order valence-corrected chi connectivity index (χ3v) is 6.69. The Balaban J connectivity index is 1.38. The molecule has 0 heterocycles. The van der Waals surface area contributed by atoms with Crippen molar-refractivity contribution in [3.05, 3.63) is 34.3 Å². The molecule has 1 N–H and O–H groups in total. The van der Waals surface area contributed by atoms with E-state index in [0.29, 0.717) is 5.56 Å². The summed E-state index contributed by atoms with van der Waals surface area (Å²) in [5.41, 5.74) is 0.405. The molecule has 4 fully saturated rings. The first-order chi connectivity index (χ1) is 11.9. The van der Waals surface area contributed by atoms with Gasteiger partial charge in [-0.15, -0.1) is 0 Å². The number of benzene rings is 1. The van der Waals surface area contributed by atoms with Crippen LogP contribution in [-0.4, -0.2) is 23.5 Å². The zero-order valence-corrected chi connectivity index (χ0v) is 16.1. The summed E-state index contributed by atoms with van der Waals surface area (Å²) in [6.07, 6.45) is 6.52. The van der Waals surface area contributed by atoms with E-state index in [-0.39, 0.29) is 11.4 Å². The highest BCUT2D eigenvalue weighted by atomic mass is 79.9. The summed E-state index contributed by atoms with van der Waals surface area (Å²) in [4.78, 5) is 24.9. The maximum absolute atomic E-state index is 12.7. The third-order valence-electron chi connectivity index (χ3n) is 6.16. The minimum absolute atomic E-state index is 0.0515. The number of carbonyl (C=O) groups is 2. The molecule has 25 heavy (non-hydrogen) atoms. The largest absolute Gasteiger partial charge is 0.449 e. The van der Waals surface area contributed by atoms with Crippen LogP contribution in [0, 0.1) is 17.8 Å². The van der Waals surface area contributed by atoms with Crippen molar-refractivity contribution in [1.82, 2.24) is 5.32 Å². The standard InChI is InChI=1S/C20H24BrNO3/c1-12(25-19(24)16-2-4-17(21)5-3-16)18(23)22-20-9-13-6-14(10-20)8-15(7-13)11-20/h2-5,12-15H,6-11H2,1H3,(H,22,23)/t12-,13?,14?,15?,20?/m0/s1. The predicted molar refractivity (Wildman–Crippen MR) is 98.1 cm³/mol. The normalized spacial score (nSPS) is 33.8. The Kier molecular flexibility index (Phi) is 4.38. The molecule has 0 spiro atoms. The van der Waals surface area contributed by atoms with Crippen molar-refractivity contribution in [3.63, 3.8) is 0 Å². The molecule has 1 amide bonds. The van der Waals surface area contributed by atoms with Gasteiger partial charge in [-0.2, -0.15) is 0 Å². The lowest BCUT2D eigenvalue weighted by atomic mass is 9.53. The van der Waals surface area contributed by atoms with E-state index in [4.69, 9.17) is 4.74 Å². The van der Waals surface area contributed by atoms with Gasteiger partial charge >= 0.3 is 5.97 Å². The molecule has 4 saturated carbocycles.